The largest absolute Gasteiger partial charge is 0.349 e. The second-order valence-corrected chi connectivity index (χ2v) is 4.08. The molecule has 0 aliphatic heterocycles. The van der Waals surface area contributed by atoms with E-state index < -0.39 is 5.69 Å². The maximum Gasteiger partial charge on any atom is 0.349 e. The van der Waals surface area contributed by atoms with E-state index in [0.717, 1.165) is 0 Å². The Balaban J connectivity index is 2.36. The van der Waals surface area contributed by atoms with Gasteiger partial charge in [0.2, 0.25) is 11.9 Å². The Labute approximate surface area is 113 Å². The Hall–Kier alpha value is -2.41. The van der Waals surface area contributed by atoms with Crippen LogP contribution in [0.3, 0.4) is 0 Å². The quantitative estimate of drug-likeness (QED) is 0.726. The predicted octanol–water partition coefficient (Wildman–Crippen LogP) is 0.948. The highest BCUT2D eigenvalue weighted by Crippen LogP contribution is 2.18. The molecule has 0 saturated heterocycles. The van der Waals surface area contributed by atoms with Gasteiger partial charge >= 0.3 is 5.69 Å². The first-order valence-corrected chi connectivity index (χ1v) is 5.69. The summed E-state index contributed by atoms with van der Waals surface area (Å²) in [5.74, 6) is -0.0301. The zero-order chi connectivity index (χ0) is 13.8. The Morgan fingerprint density at radius 1 is 1.37 bits per heavy atom. The average molecular weight is 280 g/mol. The summed E-state index contributed by atoms with van der Waals surface area (Å²) >= 11 is 5.87. The van der Waals surface area contributed by atoms with E-state index in [4.69, 9.17) is 11.6 Å². The highest BCUT2D eigenvalue weighted by Gasteiger charge is 2.06. The Kier molecular flexibility index (Phi) is 3.76. The van der Waals surface area contributed by atoms with Gasteiger partial charge in [0.15, 0.2) is 0 Å². The number of H-pyrrole nitrogens is 1. The van der Waals surface area contributed by atoms with Crippen molar-refractivity contribution in [2.45, 2.75) is 6.92 Å². The fourth-order valence-corrected chi connectivity index (χ4v) is 1.55. The number of aromatic nitrogens is 3. The van der Waals surface area contributed by atoms with E-state index in [-0.39, 0.29) is 11.9 Å². The van der Waals surface area contributed by atoms with Gasteiger partial charge in [-0.05, 0) is 12.1 Å². The lowest BCUT2D eigenvalue weighted by Crippen LogP contribution is -2.29. The standard InChI is InChI=1S/C11H10ClN5O2/c1-6(18)16-17-10-13-9(14-11(19)15-10)7-3-2-4-8(12)5-7/h2-5H,1H3,(H,16,18)(H2,13,14,15,17,19). The Morgan fingerprint density at radius 2 is 2.16 bits per heavy atom. The minimum absolute atomic E-state index is 0.00562. The summed E-state index contributed by atoms with van der Waals surface area (Å²) in [6.07, 6.45) is 0. The van der Waals surface area contributed by atoms with Gasteiger partial charge in [0.1, 0.15) is 5.82 Å². The van der Waals surface area contributed by atoms with Crippen molar-refractivity contribution in [1.29, 1.82) is 0 Å². The number of amides is 1. The summed E-state index contributed by atoms with van der Waals surface area (Å²) in [6, 6.07) is 6.84. The first kappa shape index (κ1) is 13.0. The van der Waals surface area contributed by atoms with Gasteiger partial charge in [0, 0.05) is 17.5 Å². The van der Waals surface area contributed by atoms with Crippen LogP contribution in [0, 0.1) is 0 Å². The van der Waals surface area contributed by atoms with E-state index in [1.165, 1.54) is 6.92 Å². The first-order valence-electron chi connectivity index (χ1n) is 5.31. The van der Waals surface area contributed by atoms with Crippen LogP contribution in [-0.4, -0.2) is 20.9 Å². The fraction of sp³-hybridized carbons (Fsp3) is 0.0909. The summed E-state index contributed by atoms with van der Waals surface area (Å²) in [5.41, 5.74) is 4.77. The number of benzene rings is 1. The van der Waals surface area contributed by atoms with Gasteiger partial charge in [-0.15, -0.1) is 0 Å². The third-order valence-electron chi connectivity index (χ3n) is 2.10. The summed E-state index contributed by atoms with van der Waals surface area (Å²) in [6.45, 7) is 1.32. The van der Waals surface area contributed by atoms with Gasteiger partial charge in [-0.2, -0.15) is 9.97 Å². The van der Waals surface area contributed by atoms with Crippen LogP contribution in [0.4, 0.5) is 5.95 Å². The highest BCUT2D eigenvalue weighted by atomic mass is 35.5. The minimum atomic E-state index is -0.585. The molecule has 0 aliphatic rings. The lowest BCUT2D eigenvalue weighted by molar-refractivity contribution is -0.118. The predicted molar refractivity (Wildman–Crippen MR) is 70.5 cm³/mol. The number of anilines is 1. The number of nitrogens with zero attached hydrogens (tertiary/aromatic N) is 2. The number of hydrogen-bond donors (Lipinski definition) is 3. The Morgan fingerprint density at radius 3 is 2.84 bits per heavy atom. The van der Waals surface area contributed by atoms with Crippen molar-refractivity contribution in [2.75, 3.05) is 5.43 Å². The summed E-state index contributed by atoms with van der Waals surface area (Å²) in [7, 11) is 0. The SMILES string of the molecule is CC(=O)NNc1nc(-c2cccc(Cl)c2)[nH]c(=O)n1. The van der Waals surface area contributed by atoms with Crippen molar-refractivity contribution in [3.63, 3.8) is 0 Å². The molecule has 1 aromatic heterocycles. The Bertz CT molecular complexity index is 670. The van der Waals surface area contributed by atoms with Crippen molar-refractivity contribution in [3.8, 4) is 11.4 Å². The molecule has 98 valence electrons. The molecule has 0 radical (unpaired) electrons. The van der Waals surface area contributed by atoms with E-state index in [0.29, 0.717) is 16.4 Å². The molecule has 0 bridgehead atoms. The van der Waals surface area contributed by atoms with E-state index >= 15 is 0 Å². The molecule has 1 amide bonds. The number of carbonyl (C=O) groups is 1. The average Bonchev–Trinajstić information content (AvgIpc) is 2.36. The van der Waals surface area contributed by atoms with Crippen LogP contribution in [0.5, 0.6) is 0 Å². The normalized spacial score (nSPS) is 10.0. The van der Waals surface area contributed by atoms with Crippen LogP contribution in [-0.2, 0) is 4.79 Å². The second kappa shape index (κ2) is 5.49. The van der Waals surface area contributed by atoms with E-state index in [9.17, 15) is 9.59 Å². The molecule has 0 unspecified atom stereocenters. The molecule has 0 atom stereocenters. The third kappa shape index (κ3) is 3.52. The van der Waals surface area contributed by atoms with Crippen molar-refractivity contribution >= 4 is 23.5 Å². The summed E-state index contributed by atoms with van der Waals surface area (Å²) in [5, 5.41) is 0.522. The first-order chi connectivity index (χ1) is 9.04. The van der Waals surface area contributed by atoms with E-state index in [2.05, 4.69) is 25.8 Å². The molecular weight excluding hydrogens is 270 g/mol. The summed E-state index contributed by atoms with van der Waals surface area (Å²) in [4.78, 5) is 32.3. The molecular formula is C11H10ClN5O2. The van der Waals surface area contributed by atoms with Gasteiger partial charge in [0.25, 0.3) is 0 Å². The zero-order valence-electron chi connectivity index (χ0n) is 9.90. The highest BCUT2D eigenvalue weighted by molar-refractivity contribution is 6.30. The van der Waals surface area contributed by atoms with Crippen molar-refractivity contribution in [2.24, 2.45) is 0 Å². The third-order valence-corrected chi connectivity index (χ3v) is 2.33. The number of halogens is 1. The molecule has 1 aromatic carbocycles. The topological polar surface area (TPSA) is 99.8 Å². The number of carbonyl (C=O) groups excluding carboxylic acids is 1. The molecule has 8 heteroatoms. The minimum Gasteiger partial charge on any atom is -0.290 e. The van der Waals surface area contributed by atoms with E-state index in [1.807, 2.05) is 0 Å². The molecule has 2 rings (SSSR count). The molecule has 2 aromatic rings. The van der Waals surface area contributed by atoms with Crippen LogP contribution in [0.15, 0.2) is 29.1 Å². The molecule has 3 N–H and O–H groups in total. The van der Waals surface area contributed by atoms with E-state index in [1.54, 1.807) is 24.3 Å². The summed E-state index contributed by atoms with van der Waals surface area (Å²) < 4.78 is 0. The lowest BCUT2D eigenvalue weighted by atomic mass is 10.2. The molecule has 0 aliphatic carbocycles. The van der Waals surface area contributed by atoms with Crippen molar-refractivity contribution in [3.05, 3.63) is 39.8 Å². The van der Waals surface area contributed by atoms with Crippen LogP contribution in [0.1, 0.15) is 6.92 Å². The maximum atomic E-state index is 11.4. The van der Waals surface area contributed by atoms with Crippen LogP contribution < -0.4 is 16.5 Å². The molecule has 19 heavy (non-hydrogen) atoms. The lowest BCUT2D eigenvalue weighted by Gasteiger charge is -2.06. The van der Waals surface area contributed by atoms with Crippen molar-refractivity contribution in [1.82, 2.24) is 20.4 Å². The van der Waals surface area contributed by atoms with Crippen molar-refractivity contribution < 1.29 is 4.79 Å². The number of rotatable bonds is 3. The molecule has 0 saturated carbocycles. The van der Waals surface area contributed by atoms with Gasteiger partial charge in [-0.1, -0.05) is 23.7 Å². The van der Waals surface area contributed by atoms with Crippen LogP contribution in [0.2, 0.25) is 5.02 Å². The molecule has 7 nitrogen and oxygen atoms in total. The molecule has 0 spiro atoms. The van der Waals surface area contributed by atoms with Gasteiger partial charge < -0.3 is 0 Å². The monoisotopic (exact) mass is 279 g/mol. The second-order valence-electron chi connectivity index (χ2n) is 3.64. The van der Waals surface area contributed by atoms with Gasteiger partial charge in [0.05, 0.1) is 0 Å². The smallest absolute Gasteiger partial charge is 0.290 e. The number of hydrogen-bond acceptors (Lipinski definition) is 5. The van der Waals surface area contributed by atoms with Crippen LogP contribution >= 0.6 is 11.6 Å². The van der Waals surface area contributed by atoms with Gasteiger partial charge in [-0.3, -0.25) is 20.6 Å². The van der Waals surface area contributed by atoms with Crippen LogP contribution in [0.25, 0.3) is 11.4 Å². The number of hydrazine groups is 1. The number of nitrogens with one attached hydrogen (secondary N) is 3. The fourth-order valence-electron chi connectivity index (χ4n) is 1.36. The van der Waals surface area contributed by atoms with Gasteiger partial charge in [-0.25, -0.2) is 4.79 Å². The number of aromatic amines is 1. The zero-order valence-corrected chi connectivity index (χ0v) is 10.7. The molecule has 1 heterocycles. The molecule has 0 fully saturated rings. The maximum absolute atomic E-state index is 11.4.